The van der Waals surface area contributed by atoms with E-state index in [1.54, 1.807) is 4.57 Å². The lowest BCUT2D eigenvalue weighted by Gasteiger charge is -2.21. The molecule has 0 saturated heterocycles. The van der Waals surface area contributed by atoms with Crippen molar-refractivity contribution in [1.82, 2.24) is 9.88 Å². The second-order valence-electron chi connectivity index (χ2n) is 6.78. The Hall–Kier alpha value is -2.69. The van der Waals surface area contributed by atoms with Crippen LogP contribution < -0.4 is 10.9 Å². The fraction of sp³-hybridized carbons (Fsp3) is 0.381. The molecule has 2 aromatic rings. The molecule has 26 heavy (non-hydrogen) atoms. The van der Waals surface area contributed by atoms with Crippen LogP contribution in [-0.4, -0.2) is 22.8 Å². The summed E-state index contributed by atoms with van der Waals surface area (Å²) >= 11 is 0. The topological polar surface area (TPSA) is 68.2 Å². The quantitative estimate of drug-likeness (QED) is 0.840. The number of hydrogen-bond donors (Lipinski definition) is 1. The minimum atomic E-state index is -0.412. The van der Waals surface area contributed by atoms with Crippen molar-refractivity contribution in [3.8, 4) is 5.69 Å². The second-order valence-corrected chi connectivity index (χ2v) is 6.78. The molecular formula is C21H24N2O3. The molecule has 1 heterocycles. The molecule has 1 aliphatic rings. The van der Waals surface area contributed by atoms with Crippen LogP contribution in [0.15, 0.2) is 35.1 Å². The van der Waals surface area contributed by atoms with Crippen LogP contribution in [0.3, 0.4) is 0 Å². The number of aryl methyl sites for hydroxylation is 1. The molecular weight excluding hydrogens is 328 g/mol. The van der Waals surface area contributed by atoms with Crippen molar-refractivity contribution in [2.45, 2.75) is 46.0 Å². The number of carbonyl (C=O) groups excluding carboxylic acids is 2. The molecule has 0 atom stereocenters. The van der Waals surface area contributed by atoms with Crippen LogP contribution in [-0.2, 0) is 6.42 Å². The number of hydrogen-bond acceptors (Lipinski definition) is 3. The number of fused-ring (bicyclic) bond motifs is 1. The molecule has 1 aromatic heterocycles. The number of unbranched alkanes of at least 4 members (excludes halogenated alkanes) is 1. The van der Waals surface area contributed by atoms with Gasteiger partial charge in [0.1, 0.15) is 5.56 Å². The first kappa shape index (κ1) is 18.1. The van der Waals surface area contributed by atoms with Gasteiger partial charge in [0.2, 0.25) is 0 Å². The monoisotopic (exact) mass is 352 g/mol. The highest BCUT2D eigenvalue weighted by Gasteiger charge is 2.26. The van der Waals surface area contributed by atoms with Gasteiger partial charge in [0, 0.05) is 29.9 Å². The van der Waals surface area contributed by atoms with Gasteiger partial charge in [-0.05, 0) is 44.4 Å². The maximum atomic E-state index is 13.1. The summed E-state index contributed by atoms with van der Waals surface area (Å²) in [6, 6.07) is 9.05. The summed E-state index contributed by atoms with van der Waals surface area (Å²) < 4.78 is 1.54. The van der Waals surface area contributed by atoms with Crippen molar-refractivity contribution in [2.75, 3.05) is 6.54 Å². The SMILES string of the molecule is CCCCNC(=O)c1cc2c(n(-c3ccc(C)cc3)c1=O)CCCC2=O. The number of Topliss-reactive ketones (excluding diaryl/α,β-unsaturated/α-hetero) is 1. The molecule has 1 aromatic carbocycles. The van der Waals surface area contributed by atoms with Gasteiger partial charge in [-0.25, -0.2) is 0 Å². The molecule has 0 radical (unpaired) electrons. The molecule has 5 nitrogen and oxygen atoms in total. The number of pyridine rings is 1. The third kappa shape index (κ3) is 3.47. The number of nitrogens with one attached hydrogen (secondary N) is 1. The summed E-state index contributed by atoms with van der Waals surface area (Å²) in [6.07, 6.45) is 3.63. The van der Waals surface area contributed by atoms with Crippen LogP contribution in [0.5, 0.6) is 0 Å². The zero-order valence-corrected chi connectivity index (χ0v) is 15.3. The normalized spacial score (nSPS) is 13.4. The van der Waals surface area contributed by atoms with Gasteiger partial charge >= 0.3 is 0 Å². The van der Waals surface area contributed by atoms with Gasteiger partial charge < -0.3 is 5.32 Å². The zero-order valence-electron chi connectivity index (χ0n) is 15.3. The van der Waals surface area contributed by atoms with E-state index in [0.717, 1.165) is 24.8 Å². The minimum absolute atomic E-state index is 0.00489. The first-order chi connectivity index (χ1) is 12.5. The van der Waals surface area contributed by atoms with Crippen molar-refractivity contribution < 1.29 is 9.59 Å². The van der Waals surface area contributed by atoms with Gasteiger partial charge in [-0.1, -0.05) is 31.0 Å². The van der Waals surface area contributed by atoms with E-state index in [4.69, 9.17) is 0 Å². The second kappa shape index (κ2) is 7.68. The van der Waals surface area contributed by atoms with Gasteiger partial charge in [0.25, 0.3) is 11.5 Å². The van der Waals surface area contributed by atoms with Gasteiger partial charge in [-0.2, -0.15) is 0 Å². The van der Waals surface area contributed by atoms with E-state index in [-0.39, 0.29) is 16.9 Å². The van der Waals surface area contributed by atoms with Crippen LogP contribution in [0.25, 0.3) is 5.69 Å². The maximum Gasteiger partial charge on any atom is 0.268 e. The zero-order chi connectivity index (χ0) is 18.7. The molecule has 0 saturated carbocycles. The summed E-state index contributed by atoms with van der Waals surface area (Å²) in [5.41, 5.74) is 2.65. The molecule has 0 aliphatic heterocycles. The molecule has 0 fully saturated rings. The van der Waals surface area contributed by atoms with Crippen LogP contribution in [0, 0.1) is 6.92 Å². The fourth-order valence-corrected chi connectivity index (χ4v) is 3.30. The van der Waals surface area contributed by atoms with E-state index in [1.165, 1.54) is 6.07 Å². The maximum absolute atomic E-state index is 13.1. The molecule has 1 N–H and O–H groups in total. The highest BCUT2D eigenvalue weighted by molar-refractivity contribution is 6.01. The highest BCUT2D eigenvalue weighted by atomic mass is 16.2. The van der Waals surface area contributed by atoms with Crippen LogP contribution in [0.4, 0.5) is 0 Å². The van der Waals surface area contributed by atoms with E-state index in [0.29, 0.717) is 36.3 Å². The third-order valence-electron chi connectivity index (χ3n) is 4.77. The number of benzene rings is 1. The van der Waals surface area contributed by atoms with Gasteiger partial charge in [0.15, 0.2) is 5.78 Å². The number of carbonyl (C=O) groups is 2. The third-order valence-corrected chi connectivity index (χ3v) is 4.77. The molecule has 0 bridgehead atoms. The van der Waals surface area contributed by atoms with Crippen molar-refractivity contribution in [3.05, 3.63) is 63.1 Å². The Labute approximate surface area is 153 Å². The molecule has 0 spiro atoms. The summed E-state index contributed by atoms with van der Waals surface area (Å²) in [5, 5.41) is 2.79. The molecule has 3 rings (SSSR count). The summed E-state index contributed by atoms with van der Waals surface area (Å²) in [5.74, 6) is -0.416. The number of ketones is 1. The van der Waals surface area contributed by atoms with Crippen LogP contribution >= 0.6 is 0 Å². The van der Waals surface area contributed by atoms with Gasteiger partial charge in [-0.15, -0.1) is 0 Å². The molecule has 0 unspecified atom stereocenters. The standard InChI is InChI=1S/C21H24N2O3/c1-3-4-12-22-20(25)17-13-16-18(6-5-7-19(16)24)23(21(17)26)15-10-8-14(2)9-11-15/h8-11,13H,3-7,12H2,1-2H3,(H,22,25). The number of rotatable bonds is 5. The average Bonchev–Trinajstić information content (AvgIpc) is 2.63. The Balaban J connectivity index is 2.15. The molecule has 1 amide bonds. The highest BCUT2D eigenvalue weighted by Crippen LogP contribution is 2.23. The molecule has 1 aliphatic carbocycles. The number of aromatic nitrogens is 1. The van der Waals surface area contributed by atoms with Crippen molar-refractivity contribution >= 4 is 11.7 Å². The largest absolute Gasteiger partial charge is 0.352 e. The van der Waals surface area contributed by atoms with Crippen molar-refractivity contribution in [1.29, 1.82) is 0 Å². The Morgan fingerprint density at radius 1 is 1.15 bits per heavy atom. The summed E-state index contributed by atoms with van der Waals surface area (Å²) in [4.78, 5) is 38.1. The Bertz CT molecular complexity index is 895. The number of amides is 1. The van der Waals surface area contributed by atoms with Crippen molar-refractivity contribution in [3.63, 3.8) is 0 Å². The number of nitrogens with zero attached hydrogens (tertiary/aromatic N) is 1. The van der Waals surface area contributed by atoms with E-state index in [2.05, 4.69) is 5.32 Å². The smallest absolute Gasteiger partial charge is 0.268 e. The summed E-state index contributed by atoms with van der Waals surface area (Å²) in [7, 11) is 0. The first-order valence-corrected chi connectivity index (χ1v) is 9.20. The van der Waals surface area contributed by atoms with E-state index >= 15 is 0 Å². The van der Waals surface area contributed by atoms with E-state index < -0.39 is 5.91 Å². The Kier molecular flexibility index (Phi) is 5.35. The molecule has 5 heteroatoms. The summed E-state index contributed by atoms with van der Waals surface area (Å²) in [6.45, 7) is 4.53. The fourth-order valence-electron chi connectivity index (χ4n) is 3.30. The predicted molar refractivity (Wildman–Crippen MR) is 101 cm³/mol. The van der Waals surface area contributed by atoms with Crippen LogP contribution in [0.1, 0.15) is 64.6 Å². The van der Waals surface area contributed by atoms with E-state index in [9.17, 15) is 14.4 Å². The first-order valence-electron chi connectivity index (χ1n) is 9.20. The average molecular weight is 352 g/mol. The predicted octanol–water partition coefficient (Wildman–Crippen LogP) is 3.19. The van der Waals surface area contributed by atoms with Crippen LogP contribution in [0.2, 0.25) is 0 Å². The Morgan fingerprint density at radius 3 is 2.58 bits per heavy atom. The van der Waals surface area contributed by atoms with Crippen molar-refractivity contribution in [2.24, 2.45) is 0 Å². The lowest BCUT2D eigenvalue weighted by molar-refractivity contribution is 0.0951. The lowest BCUT2D eigenvalue weighted by Crippen LogP contribution is -2.36. The van der Waals surface area contributed by atoms with Gasteiger partial charge in [0.05, 0.1) is 0 Å². The minimum Gasteiger partial charge on any atom is -0.352 e. The van der Waals surface area contributed by atoms with E-state index in [1.807, 2.05) is 38.1 Å². The molecule has 136 valence electrons. The van der Waals surface area contributed by atoms with Gasteiger partial charge in [-0.3, -0.25) is 19.0 Å². The lowest BCUT2D eigenvalue weighted by atomic mass is 9.92. The Morgan fingerprint density at radius 2 is 1.88 bits per heavy atom.